The Morgan fingerprint density at radius 3 is 3.00 bits per heavy atom. The molecule has 2 aromatic rings. The molecule has 1 aromatic heterocycles. The largest absolute Gasteiger partial charge is 0.494 e. The molecule has 1 aliphatic heterocycles. The van der Waals surface area contributed by atoms with Crippen LogP contribution in [0.25, 0.3) is 0 Å². The molecule has 0 bridgehead atoms. The van der Waals surface area contributed by atoms with Crippen molar-refractivity contribution >= 4 is 0 Å². The van der Waals surface area contributed by atoms with Crippen LogP contribution in [0, 0.1) is 13.8 Å². The van der Waals surface area contributed by atoms with E-state index in [1.54, 1.807) is 0 Å². The van der Waals surface area contributed by atoms with Crippen LogP contribution in [0.2, 0.25) is 0 Å². The highest BCUT2D eigenvalue weighted by atomic mass is 16.5. The van der Waals surface area contributed by atoms with Crippen LogP contribution in [0.15, 0.2) is 28.8 Å². The lowest BCUT2D eigenvalue weighted by Gasteiger charge is -2.23. The van der Waals surface area contributed by atoms with Crippen molar-refractivity contribution in [2.75, 3.05) is 33.3 Å². The number of nitrogens with zero attached hydrogens (tertiary/aromatic N) is 4. The molecule has 0 N–H and O–H groups in total. The summed E-state index contributed by atoms with van der Waals surface area (Å²) in [5, 5.41) is 3.98. The molecule has 1 fully saturated rings. The van der Waals surface area contributed by atoms with E-state index in [1.807, 2.05) is 19.1 Å². The van der Waals surface area contributed by atoms with E-state index in [1.165, 1.54) is 12.0 Å². The van der Waals surface area contributed by atoms with Crippen LogP contribution in [-0.4, -0.2) is 59.3 Å². The van der Waals surface area contributed by atoms with Crippen LogP contribution in [0.5, 0.6) is 5.75 Å². The minimum Gasteiger partial charge on any atom is -0.494 e. The van der Waals surface area contributed by atoms with Gasteiger partial charge < -0.3 is 14.2 Å². The first-order valence-corrected chi connectivity index (χ1v) is 9.01. The van der Waals surface area contributed by atoms with Gasteiger partial charge in [-0.3, -0.25) is 4.90 Å². The Kier molecular flexibility index (Phi) is 6.04. The molecule has 25 heavy (non-hydrogen) atoms. The average Bonchev–Trinajstić information content (AvgIpc) is 3.21. The van der Waals surface area contributed by atoms with Gasteiger partial charge in [-0.2, -0.15) is 4.98 Å². The van der Waals surface area contributed by atoms with Gasteiger partial charge in [-0.1, -0.05) is 17.3 Å². The second-order valence-corrected chi connectivity index (χ2v) is 6.91. The lowest BCUT2D eigenvalue weighted by Crippen LogP contribution is -2.34. The van der Waals surface area contributed by atoms with Crippen molar-refractivity contribution in [1.29, 1.82) is 0 Å². The topological polar surface area (TPSA) is 54.6 Å². The Morgan fingerprint density at radius 1 is 1.36 bits per heavy atom. The summed E-state index contributed by atoms with van der Waals surface area (Å²) >= 11 is 0. The van der Waals surface area contributed by atoms with E-state index < -0.39 is 0 Å². The molecular formula is C19H28N4O2. The van der Waals surface area contributed by atoms with E-state index >= 15 is 0 Å². The van der Waals surface area contributed by atoms with Gasteiger partial charge in [0.2, 0.25) is 5.89 Å². The molecule has 0 unspecified atom stereocenters. The molecule has 1 aliphatic rings. The summed E-state index contributed by atoms with van der Waals surface area (Å²) in [4.78, 5) is 9.13. The molecule has 1 aromatic carbocycles. The third-order valence-electron chi connectivity index (χ3n) is 4.71. The smallest absolute Gasteiger partial charge is 0.223 e. The summed E-state index contributed by atoms with van der Waals surface area (Å²) in [5.41, 5.74) is 1.24. The lowest BCUT2D eigenvalue weighted by molar-refractivity contribution is 0.210. The summed E-state index contributed by atoms with van der Waals surface area (Å²) < 4.78 is 10.9. The fourth-order valence-electron chi connectivity index (χ4n) is 3.32. The Balaban J connectivity index is 1.35. The normalized spacial score (nSPS) is 18.2. The Labute approximate surface area is 149 Å². The number of likely N-dealkylation sites (tertiary alicyclic amines) is 1. The van der Waals surface area contributed by atoms with Crippen LogP contribution < -0.4 is 4.74 Å². The predicted octanol–water partition coefficient (Wildman–Crippen LogP) is 2.66. The summed E-state index contributed by atoms with van der Waals surface area (Å²) in [6.07, 6.45) is 2.24. The minimum atomic E-state index is 0.552. The molecule has 0 saturated carbocycles. The summed E-state index contributed by atoms with van der Waals surface area (Å²) in [5.74, 6) is 2.37. The van der Waals surface area contributed by atoms with Crippen molar-refractivity contribution in [3.8, 4) is 5.75 Å². The summed E-state index contributed by atoms with van der Waals surface area (Å²) in [7, 11) is 2.14. The van der Waals surface area contributed by atoms with Crippen LogP contribution in [0.1, 0.15) is 30.1 Å². The van der Waals surface area contributed by atoms with Gasteiger partial charge in [-0.15, -0.1) is 0 Å². The van der Waals surface area contributed by atoms with Crippen molar-refractivity contribution in [3.63, 3.8) is 0 Å². The summed E-state index contributed by atoms with van der Waals surface area (Å²) in [6, 6.07) is 8.78. The molecule has 2 heterocycles. The van der Waals surface area contributed by atoms with E-state index in [9.17, 15) is 0 Å². The second-order valence-electron chi connectivity index (χ2n) is 6.91. The Morgan fingerprint density at radius 2 is 2.24 bits per heavy atom. The third-order valence-corrected chi connectivity index (χ3v) is 4.71. The van der Waals surface area contributed by atoms with E-state index in [4.69, 9.17) is 9.26 Å². The molecule has 136 valence electrons. The number of aromatic nitrogens is 2. The third kappa shape index (κ3) is 5.28. The average molecular weight is 344 g/mol. The fourth-order valence-corrected chi connectivity index (χ4v) is 3.32. The van der Waals surface area contributed by atoms with Gasteiger partial charge in [0.25, 0.3) is 0 Å². The van der Waals surface area contributed by atoms with Crippen molar-refractivity contribution in [2.24, 2.45) is 0 Å². The number of hydrogen-bond acceptors (Lipinski definition) is 6. The first-order chi connectivity index (χ1) is 12.1. The molecule has 3 rings (SSSR count). The second kappa shape index (κ2) is 8.45. The van der Waals surface area contributed by atoms with Gasteiger partial charge in [0.15, 0.2) is 5.82 Å². The molecule has 1 atom stereocenters. The molecule has 1 saturated heterocycles. The van der Waals surface area contributed by atoms with Crippen LogP contribution >= 0.6 is 0 Å². The molecule has 6 heteroatoms. The standard InChI is InChI=1S/C19H28N4O2/c1-15-6-4-7-18(12-15)24-11-5-9-23-10-8-17(13-23)22(3)14-19-20-16(2)25-21-19/h4,6-7,12,17H,5,8-11,13-14H2,1-3H3/t17-/m0/s1. The number of aryl methyl sites for hydroxylation is 2. The van der Waals surface area contributed by atoms with Gasteiger partial charge >= 0.3 is 0 Å². The molecule has 0 aliphatic carbocycles. The molecule has 0 amide bonds. The maximum absolute atomic E-state index is 5.84. The maximum atomic E-state index is 5.84. The highest BCUT2D eigenvalue weighted by molar-refractivity contribution is 5.27. The Hall–Kier alpha value is -1.92. The number of benzene rings is 1. The highest BCUT2D eigenvalue weighted by Crippen LogP contribution is 2.17. The van der Waals surface area contributed by atoms with Gasteiger partial charge in [0, 0.05) is 26.1 Å². The highest BCUT2D eigenvalue weighted by Gasteiger charge is 2.26. The van der Waals surface area contributed by atoms with Crippen molar-refractivity contribution < 1.29 is 9.26 Å². The minimum absolute atomic E-state index is 0.552. The number of rotatable bonds is 8. The predicted molar refractivity (Wildman–Crippen MR) is 96.6 cm³/mol. The number of hydrogen-bond donors (Lipinski definition) is 0. The zero-order valence-corrected chi connectivity index (χ0v) is 15.4. The summed E-state index contributed by atoms with van der Waals surface area (Å²) in [6.45, 7) is 8.74. The lowest BCUT2D eigenvalue weighted by atomic mass is 10.2. The molecule has 0 radical (unpaired) electrons. The monoisotopic (exact) mass is 344 g/mol. The SMILES string of the molecule is Cc1cccc(OCCCN2CC[C@H](N(C)Cc3noc(C)n3)C2)c1. The zero-order chi connectivity index (χ0) is 17.6. The van der Waals surface area contributed by atoms with Crippen molar-refractivity contribution in [3.05, 3.63) is 41.5 Å². The van der Waals surface area contributed by atoms with Crippen LogP contribution in [0.4, 0.5) is 0 Å². The van der Waals surface area contributed by atoms with Gasteiger partial charge in [-0.25, -0.2) is 0 Å². The first kappa shape index (κ1) is 17.9. The maximum Gasteiger partial charge on any atom is 0.223 e. The quantitative estimate of drug-likeness (QED) is 0.686. The zero-order valence-electron chi connectivity index (χ0n) is 15.4. The van der Waals surface area contributed by atoms with Gasteiger partial charge in [-0.05, 0) is 51.1 Å². The van der Waals surface area contributed by atoms with Crippen LogP contribution in [-0.2, 0) is 6.54 Å². The molecule has 0 spiro atoms. The van der Waals surface area contributed by atoms with Crippen molar-refractivity contribution in [2.45, 2.75) is 39.3 Å². The first-order valence-electron chi connectivity index (χ1n) is 9.01. The van der Waals surface area contributed by atoms with E-state index in [0.717, 1.165) is 50.8 Å². The molecular weight excluding hydrogens is 316 g/mol. The van der Waals surface area contributed by atoms with Crippen LogP contribution in [0.3, 0.4) is 0 Å². The van der Waals surface area contributed by atoms with Gasteiger partial charge in [0.1, 0.15) is 5.75 Å². The van der Waals surface area contributed by atoms with Crippen molar-refractivity contribution in [1.82, 2.24) is 19.9 Å². The molecule has 6 nitrogen and oxygen atoms in total. The Bertz CT molecular complexity index is 673. The van der Waals surface area contributed by atoms with Gasteiger partial charge in [0.05, 0.1) is 13.2 Å². The van der Waals surface area contributed by atoms with E-state index in [-0.39, 0.29) is 0 Å². The number of ether oxygens (including phenoxy) is 1. The van der Waals surface area contributed by atoms with E-state index in [0.29, 0.717) is 11.9 Å². The number of likely N-dealkylation sites (N-methyl/N-ethyl adjacent to an activating group) is 1. The fraction of sp³-hybridized carbons (Fsp3) is 0.579. The van der Waals surface area contributed by atoms with E-state index in [2.05, 4.69) is 46.0 Å².